The second-order valence-corrected chi connectivity index (χ2v) is 8.17. The summed E-state index contributed by atoms with van der Waals surface area (Å²) in [4.78, 5) is 6.05. The number of hydrogen-bond acceptors (Lipinski definition) is 5. The van der Waals surface area contributed by atoms with Crippen molar-refractivity contribution in [3.05, 3.63) is 29.6 Å². The van der Waals surface area contributed by atoms with E-state index in [1.807, 2.05) is 24.6 Å². The molecule has 0 amide bonds. The fourth-order valence-electron chi connectivity index (χ4n) is 4.50. The molecule has 6 nitrogen and oxygen atoms in total. The summed E-state index contributed by atoms with van der Waals surface area (Å²) >= 11 is 0. The van der Waals surface area contributed by atoms with Crippen LogP contribution in [0.25, 0.3) is 11.3 Å². The lowest BCUT2D eigenvalue weighted by Crippen LogP contribution is -2.25. The number of alkyl halides is 3. The van der Waals surface area contributed by atoms with E-state index in [0.717, 1.165) is 31.4 Å². The molecule has 1 aliphatic carbocycles. The third-order valence-corrected chi connectivity index (χ3v) is 5.92. The van der Waals surface area contributed by atoms with E-state index in [1.165, 1.54) is 6.20 Å². The zero-order valence-corrected chi connectivity index (χ0v) is 16.3. The minimum Gasteiger partial charge on any atom is -0.383 e. The largest absolute Gasteiger partial charge is 0.419 e. The van der Waals surface area contributed by atoms with E-state index in [-0.39, 0.29) is 6.04 Å². The van der Waals surface area contributed by atoms with Gasteiger partial charge in [-0.05, 0) is 37.8 Å². The SMILES string of the molecule is CC(C)n1nc(-c2cnc(N)c(C(F)(F)F)c2)cc1C1[C@H]2CN(CCC#N)C[C@@H]12. The van der Waals surface area contributed by atoms with Crippen LogP contribution in [-0.2, 0) is 6.18 Å². The Labute approximate surface area is 167 Å². The number of nitrogen functional groups attached to an aromatic ring is 1. The van der Waals surface area contributed by atoms with E-state index in [2.05, 4.69) is 21.1 Å². The van der Waals surface area contributed by atoms with Crippen LogP contribution < -0.4 is 5.73 Å². The molecule has 29 heavy (non-hydrogen) atoms. The van der Waals surface area contributed by atoms with Gasteiger partial charge in [0, 0.05) is 55.5 Å². The molecule has 2 aromatic rings. The summed E-state index contributed by atoms with van der Waals surface area (Å²) in [6.45, 7) is 6.73. The van der Waals surface area contributed by atoms with Crippen molar-refractivity contribution < 1.29 is 13.2 Å². The molecule has 9 heteroatoms. The summed E-state index contributed by atoms with van der Waals surface area (Å²) in [7, 11) is 0. The Hall–Kier alpha value is -2.60. The number of pyridine rings is 1. The molecule has 3 atom stereocenters. The lowest BCUT2D eigenvalue weighted by molar-refractivity contribution is -0.137. The number of hydrogen-bond donors (Lipinski definition) is 1. The van der Waals surface area contributed by atoms with Crippen LogP contribution in [0.3, 0.4) is 0 Å². The topological polar surface area (TPSA) is 83.8 Å². The van der Waals surface area contributed by atoms with Crippen molar-refractivity contribution >= 4 is 5.82 Å². The van der Waals surface area contributed by atoms with Gasteiger partial charge >= 0.3 is 6.18 Å². The Bertz CT molecular complexity index is 946. The zero-order chi connectivity index (χ0) is 20.9. The summed E-state index contributed by atoms with van der Waals surface area (Å²) in [5, 5.41) is 13.4. The van der Waals surface area contributed by atoms with Gasteiger partial charge in [-0.15, -0.1) is 0 Å². The van der Waals surface area contributed by atoms with Crippen LogP contribution in [0, 0.1) is 23.2 Å². The highest BCUT2D eigenvalue weighted by Crippen LogP contribution is 2.58. The van der Waals surface area contributed by atoms with E-state index < -0.39 is 17.6 Å². The van der Waals surface area contributed by atoms with E-state index in [0.29, 0.717) is 35.4 Å². The molecule has 154 valence electrons. The minimum atomic E-state index is -4.56. The van der Waals surface area contributed by atoms with Crippen molar-refractivity contribution in [2.45, 2.75) is 38.4 Å². The molecule has 1 saturated carbocycles. The number of anilines is 1. The van der Waals surface area contributed by atoms with E-state index in [1.54, 1.807) is 0 Å². The maximum atomic E-state index is 13.2. The number of halogens is 3. The van der Waals surface area contributed by atoms with Gasteiger partial charge in [-0.2, -0.15) is 23.5 Å². The van der Waals surface area contributed by atoms with Crippen LogP contribution in [0.2, 0.25) is 0 Å². The van der Waals surface area contributed by atoms with Crippen molar-refractivity contribution in [3.8, 4) is 17.3 Å². The molecule has 0 radical (unpaired) electrons. The smallest absolute Gasteiger partial charge is 0.383 e. The van der Waals surface area contributed by atoms with Crippen LogP contribution in [-0.4, -0.2) is 39.3 Å². The molecule has 2 N–H and O–H groups in total. The maximum Gasteiger partial charge on any atom is 0.419 e. The van der Waals surface area contributed by atoms with Crippen molar-refractivity contribution in [3.63, 3.8) is 0 Å². The molecule has 0 bridgehead atoms. The van der Waals surface area contributed by atoms with Gasteiger partial charge in [0.2, 0.25) is 0 Å². The first-order valence-electron chi connectivity index (χ1n) is 9.72. The molecule has 2 fully saturated rings. The van der Waals surface area contributed by atoms with E-state index in [9.17, 15) is 13.2 Å². The third kappa shape index (κ3) is 3.57. The second kappa shape index (κ2) is 7.02. The van der Waals surface area contributed by atoms with Gasteiger partial charge in [0.1, 0.15) is 5.82 Å². The first-order chi connectivity index (χ1) is 13.7. The fourth-order valence-corrected chi connectivity index (χ4v) is 4.50. The summed E-state index contributed by atoms with van der Waals surface area (Å²) in [6.07, 6.45) is -2.68. The number of fused-ring (bicyclic) bond motifs is 1. The Balaban J connectivity index is 1.61. The van der Waals surface area contributed by atoms with Crippen LogP contribution in [0.4, 0.5) is 19.0 Å². The van der Waals surface area contributed by atoms with Crippen LogP contribution in [0.15, 0.2) is 18.3 Å². The quantitative estimate of drug-likeness (QED) is 0.822. The lowest BCUT2D eigenvalue weighted by atomic mass is 10.1. The van der Waals surface area contributed by atoms with Gasteiger partial charge in [-0.1, -0.05) is 0 Å². The zero-order valence-electron chi connectivity index (χ0n) is 16.3. The van der Waals surface area contributed by atoms with Gasteiger partial charge < -0.3 is 10.6 Å². The number of nitriles is 1. The average molecular weight is 404 g/mol. The molecule has 4 rings (SSSR count). The first kappa shape index (κ1) is 19.7. The van der Waals surface area contributed by atoms with Crippen LogP contribution >= 0.6 is 0 Å². The summed E-state index contributed by atoms with van der Waals surface area (Å²) in [6, 6.07) is 5.20. The molecule has 1 unspecified atom stereocenters. The Morgan fingerprint density at radius 1 is 1.28 bits per heavy atom. The minimum absolute atomic E-state index is 0.0959. The molecule has 1 saturated heterocycles. The Morgan fingerprint density at radius 3 is 2.55 bits per heavy atom. The molecular formula is C20H23F3N6. The van der Waals surface area contributed by atoms with Crippen molar-refractivity contribution in [1.82, 2.24) is 19.7 Å². The number of aromatic nitrogens is 3. The summed E-state index contributed by atoms with van der Waals surface area (Å²) < 4.78 is 41.5. The monoisotopic (exact) mass is 404 g/mol. The van der Waals surface area contributed by atoms with Gasteiger partial charge in [-0.3, -0.25) is 4.68 Å². The van der Waals surface area contributed by atoms with E-state index in [4.69, 9.17) is 11.0 Å². The molecule has 0 spiro atoms. The molecular weight excluding hydrogens is 381 g/mol. The van der Waals surface area contributed by atoms with E-state index >= 15 is 0 Å². The molecule has 0 aromatic carbocycles. The van der Waals surface area contributed by atoms with Gasteiger partial charge in [-0.25, -0.2) is 4.98 Å². The number of likely N-dealkylation sites (tertiary alicyclic amines) is 1. The Kier molecular flexibility index (Phi) is 4.77. The molecule has 2 aromatic heterocycles. The highest BCUT2D eigenvalue weighted by atomic mass is 19.4. The fraction of sp³-hybridized carbons (Fsp3) is 0.550. The molecule has 3 heterocycles. The highest BCUT2D eigenvalue weighted by molar-refractivity contribution is 5.63. The lowest BCUT2D eigenvalue weighted by Gasteiger charge is -2.19. The molecule has 1 aliphatic heterocycles. The number of nitrogens with zero attached hydrogens (tertiary/aromatic N) is 5. The van der Waals surface area contributed by atoms with Crippen LogP contribution in [0.1, 0.15) is 43.5 Å². The van der Waals surface area contributed by atoms with Gasteiger partial charge in [0.25, 0.3) is 0 Å². The van der Waals surface area contributed by atoms with Crippen molar-refractivity contribution in [2.24, 2.45) is 11.8 Å². The summed E-state index contributed by atoms with van der Waals surface area (Å²) in [5.74, 6) is 0.872. The summed E-state index contributed by atoms with van der Waals surface area (Å²) in [5.41, 5.74) is 6.35. The number of nitrogens with two attached hydrogens (primary N) is 1. The van der Waals surface area contributed by atoms with Crippen LogP contribution in [0.5, 0.6) is 0 Å². The third-order valence-electron chi connectivity index (χ3n) is 5.92. The standard InChI is InChI=1S/C20H23F3N6/c1-11(2)29-17(18-13-9-28(5-3-4-24)10-14(13)18)7-16(27-29)12-6-15(20(21,22)23)19(25)26-8-12/h6-8,11,13-14,18H,3,5,9-10H2,1-2H3,(H2,25,26)/t13-,14+,18?. The first-order valence-corrected chi connectivity index (χ1v) is 9.72. The normalized spacial score (nSPS) is 24.0. The number of rotatable bonds is 5. The highest BCUT2D eigenvalue weighted by Gasteiger charge is 2.57. The van der Waals surface area contributed by atoms with Gasteiger partial charge in [0.05, 0.1) is 17.3 Å². The number of piperidine rings is 1. The maximum absolute atomic E-state index is 13.2. The second-order valence-electron chi connectivity index (χ2n) is 8.17. The molecule has 2 aliphatic rings. The average Bonchev–Trinajstić information content (AvgIpc) is 3.00. The predicted molar refractivity (Wildman–Crippen MR) is 102 cm³/mol. The van der Waals surface area contributed by atoms with Gasteiger partial charge in [0.15, 0.2) is 0 Å². The van der Waals surface area contributed by atoms with Crippen molar-refractivity contribution in [2.75, 3.05) is 25.4 Å². The Morgan fingerprint density at radius 2 is 1.97 bits per heavy atom. The predicted octanol–water partition coefficient (Wildman–Crippen LogP) is 3.69. The van der Waals surface area contributed by atoms with Crippen molar-refractivity contribution in [1.29, 1.82) is 5.26 Å².